The van der Waals surface area contributed by atoms with Crippen LogP contribution in [0.5, 0.6) is 11.5 Å². The zero-order chi connectivity index (χ0) is 38.3. The minimum Gasteiger partial charge on any atom is -0.493 e. The standard InChI is InChI=1S/C46H39N3O7/c1-52-42-26-31(16-21-40(42)53-29-39-30-55-44(48-39)23-18-33-15-20-35-10-4-6-12-37(35)25-33)8-2-7-13-41-45(50)49(46(51)56-41)27-38-28-54-43(47-38)22-17-32-14-19-34-9-3-5-11-36(34)24-32/h3-6,9-12,14-26,28,30,41H,2,7-8,13,27,29H2,1H3/b22-17+,23-18+. The fourth-order valence-corrected chi connectivity index (χ4v) is 6.68. The van der Waals surface area contributed by atoms with Crippen LogP contribution in [-0.4, -0.2) is 40.1 Å². The summed E-state index contributed by atoms with van der Waals surface area (Å²) in [6, 6.07) is 34.6. The molecule has 7 aromatic rings. The molecule has 0 saturated carbocycles. The summed E-state index contributed by atoms with van der Waals surface area (Å²) in [7, 11) is 1.60. The number of amides is 2. The Bertz CT molecular complexity index is 2570. The van der Waals surface area contributed by atoms with Gasteiger partial charge in [0.15, 0.2) is 17.6 Å². The predicted octanol–water partition coefficient (Wildman–Crippen LogP) is 10.2. The molecule has 0 spiro atoms. The molecule has 1 atom stereocenters. The Morgan fingerprint density at radius 2 is 1.30 bits per heavy atom. The van der Waals surface area contributed by atoms with E-state index in [4.69, 9.17) is 23.0 Å². The zero-order valence-corrected chi connectivity index (χ0v) is 30.8. The summed E-state index contributed by atoms with van der Waals surface area (Å²) in [5, 5.41) is 4.67. The SMILES string of the molecule is COc1cc(CCCCC2OC(=O)N(Cc3coc(/C=C/c4ccc5ccccc5c4)n3)C2=O)ccc1OCc1coc(/C=C/c2ccc3ccccc3c2)n1. The lowest BCUT2D eigenvalue weighted by atomic mass is 10.0. The van der Waals surface area contributed by atoms with Crippen LogP contribution in [0.1, 0.15) is 59.1 Å². The largest absolute Gasteiger partial charge is 0.493 e. The van der Waals surface area contributed by atoms with E-state index in [0.29, 0.717) is 47.5 Å². The minimum absolute atomic E-state index is 0.0172. The van der Waals surface area contributed by atoms with Gasteiger partial charge in [-0.3, -0.25) is 4.79 Å². The number of benzene rings is 5. The Hall–Kier alpha value is -6.94. The Morgan fingerprint density at radius 3 is 1.96 bits per heavy atom. The molecule has 2 amide bonds. The molecule has 5 aromatic carbocycles. The van der Waals surface area contributed by atoms with Crippen LogP contribution in [0.15, 0.2) is 124 Å². The third-order valence-electron chi connectivity index (χ3n) is 9.63. The molecule has 8 rings (SSSR count). The van der Waals surface area contributed by atoms with Crippen molar-refractivity contribution in [3.8, 4) is 11.5 Å². The number of methoxy groups -OCH3 is 1. The average Bonchev–Trinajstić information content (AvgIpc) is 3.96. The van der Waals surface area contributed by atoms with Crippen molar-refractivity contribution in [2.24, 2.45) is 0 Å². The molecule has 0 radical (unpaired) electrons. The number of hydrogen-bond donors (Lipinski definition) is 0. The molecule has 1 aliphatic rings. The van der Waals surface area contributed by atoms with Gasteiger partial charge in [-0.25, -0.2) is 19.7 Å². The highest BCUT2D eigenvalue weighted by atomic mass is 16.6. The number of rotatable bonds is 15. The maximum Gasteiger partial charge on any atom is 0.417 e. The van der Waals surface area contributed by atoms with Crippen LogP contribution in [0, 0.1) is 0 Å². The first kappa shape index (κ1) is 36.1. The summed E-state index contributed by atoms with van der Waals surface area (Å²) >= 11 is 0. The molecule has 0 bridgehead atoms. The van der Waals surface area contributed by atoms with Crippen LogP contribution < -0.4 is 9.47 Å². The number of carbonyl (C=O) groups excluding carboxylic acids is 2. The monoisotopic (exact) mass is 745 g/mol. The van der Waals surface area contributed by atoms with Crippen molar-refractivity contribution in [2.75, 3.05) is 7.11 Å². The summed E-state index contributed by atoms with van der Waals surface area (Å²) in [4.78, 5) is 35.8. The van der Waals surface area contributed by atoms with Crippen molar-refractivity contribution in [2.45, 2.75) is 44.9 Å². The van der Waals surface area contributed by atoms with Gasteiger partial charge in [0.2, 0.25) is 11.8 Å². The normalized spacial score (nSPS) is 14.4. The highest BCUT2D eigenvalue weighted by molar-refractivity contribution is 6.00. The van der Waals surface area contributed by atoms with Crippen molar-refractivity contribution in [1.29, 1.82) is 0 Å². The minimum atomic E-state index is -0.821. The molecule has 10 nitrogen and oxygen atoms in total. The average molecular weight is 746 g/mol. The third kappa shape index (κ3) is 8.55. The molecule has 0 N–H and O–H groups in total. The first-order valence-electron chi connectivity index (χ1n) is 18.5. The number of carbonyl (C=O) groups is 2. The second kappa shape index (κ2) is 16.6. The molecule has 10 heteroatoms. The van der Waals surface area contributed by atoms with Gasteiger partial charge in [0, 0.05) is 12.2 Å². The molecule has 56 heavy (non-hydrogen) atoms. The van der Waals surface area contributed by atoms with Crippen LogP contribution in [0.2, 0.25) is 0 Å². The van der Waals surface area contributed by atoms with Crippen molar-refractivity contribution >= 4 is 57.8 Å². The Morgan fingerprint density at radius 1 is 0.679 bits per heavy atom. The van der Waals surface area contributed by atoms with Crippen LogP contribution in [0.25, 0.3) is 45.8 Å². The molecule has 1 saturated heterocycles. The van der Waals surface area contributed by atoms with Crippen LogP contribution in [-0.2, 0) is 29.1 Å². The van der Waals surface area contributed by atoms with Gasteiger partial charge in [0.25, 0.3) is 5.91 Å². The van der Waals surface area contributed by atoms with E-state index in [0.717, 1.165) is 45.2 Å². The number of imide groups is 1. The fourth-order valence-electron chi connectivity index (χ4n) is 6.68. The summed E-state index contributed by atoms with van der Waals surface area (Å²) < 4.78 is 28.3. The van der Waals surface area contributed by atoms with Gasteiger partial charge in [0.1, 0.15) is 24.8 Å². The van der Waals surface area contributed by atoms with Crippen molar-refractivity contribution in [3.05, 3.63) is 156 Å². The molecule has 2 aromatic heterocycles. The van der Waals surface area contributed by atoms with Crippen LogP contribution in [0.4, 0.5) is 4.79 Å². The van der Waals surface area contributed by atoms with E-state index in [-0.39, 0.29) is 19.1 Å². The molecular weight excluding hydrogens is 707 g/mol. The number of fused-ring (bicyclic) bond motifs is 2. The summed E-state index contributed by atoms with van der Waals surface area (Å²) in [5.74, 6) is 1.71. The molecular formula is C46H39N3O7. The number of cyclic esters (lactones) is 1. The van der Waals surface area contributed by atoms with E-state index in [1.165, 1.54) is 17.0 Å². The summed E-state index contributed by atoms with van der Waals surface area (Å²) in [5.41, 5.74) is 4.24. The first-order valence-corrected chi connectivity index (χ1v) is 18.5. The molecule has 280 valence electrons. The smallest absolute Gasteiger partial charge is 0.417 e. The van der Waals surface area contributed by atoms with E-state index in [9.17, 15) is 9.59 Å². The Labute approximate surface area is 323 Å². The van der Waals surface area contributed by atoms with E-state index in [1.54, 1.807) is 19.4 Å². The Balaban J connectivity index is 0.780. The van der Waals surface area contributed by atoms with E-state index < -0.39 is 12.2 Å². The van der Waals surface area contributed by atoms with Gasteiger partial charge >= 0.3 is 6.09 Å². The molecule has 1 aliphatic heterocycles. The lowest BCUT2D eigenvalue weighted by Crippen LogP contribution is -2.31. The van der Waals surface area contributed by atoms with Gasteiger partial charge in [0.05, 0.1) is 19.3 Å². The number of aryl methyl sites for hydroxylation is 1. The number of oxazole rings is 2. The van der Waals surface area contributed by atoms with Crippen LogP contribution in [0.3, 0.4) is 0 Å². The number of hydrogen-bond acceptors (Lipinski definition) is 9. The highest BCUT2D eigenvalue weighted by Crippen LogP contribution is 2.30. The predicted molar refractivity (Wildman–Crippen MR) is 214 cm³/mol. The third-order valence-corrected chi connectivity index (χ3v) is 9.63. The molecule has 1 unspecified atom stereocenters. The highest BCUT2D eigenvalue weighted by Gasteiger charge is 2.40. The number of nitrogens with zero attached hydrogens (tertiary/aromatic N) is 3. The van der Waals surface area contributed by atoms with Gasteiger partial charge in [-0.2, -0.15) is 0 Å². The van der Waals surface area contributed by atoms with E-state index in [1.807, 2.05) is 66.8 Å². The van der Waals surface area contributed by atoms with Crippen molar-refractivity contribution < 1.29 is 32.6 Å². The first-order chi connectivity index (χ1) is 27.5. The fraction of sp³-hybridized carbons (Fsp3) is 0.174. The maximum absolute atomic E-state index is 13.1. The topological polar surface area (TPSA) is 117 Å². The molecule has 3 heterocycles. The lowest BCUT2D eigenvalue weighted by Gasteiger charge is -2.12. The molecule has 0 aliphatic carbocycles. The summed E-state index contributed by atoms with van der Waals surface area (Å²) in [6.07, 6.45) is 11.7. The van der Waals surface area contributed by atoms with Gasteiger partial charge in [-0.15, -0.1) is 0 Å². The van der Waals surface area contributed by atoms with E-state index >= 15 is 0 Å². The zero-order valence-electron chi connectivity index (χ0n) is 30.8. The van der Waals surface area contributed by atoms with Crippen molar-refractivity contribution in [3.63, 3.8) is 0 Å². The van der Waals surface area contributed by atoms with Crippen LogP contribution >= 0.6 is 0 Å². The van der Waals surface area contributed by atoms with Gasteiger partial charge < -0.3 is 23.0 Å². The summed E-state index contributed by atoms with van der Waals surface area (Å²) in [6.45, 7) is 0.200. The van der Waals surface area contributed by atoms with Gasteiger partial charge in [-0.1, -0.05) is 78.9 Å². The molecule has 1 fully saturated rings. The van der Waals surface area contributed by atoms with E-state index in [2.05, 4.69) is 64.6 Å². The maximum atomic E-state index is 13.1. The van der Waals surface area contributed by atoms with Crippen molar-refractivity contribution in [1.82, 2.24) is 14.9 Å². The lowest BCUT2D eigenvalue weighted by molar-refractivity contribution is -0.130. The number of aromatic nitrogens is 2. The van der Waals surface area contributed by atoms with Gasteiger partial charge in [-0.05, 0) is 100 Å². The second-order valence-electron chi connectivity index (χ2n) is 13.6. The number of ether oxygens (including phenoxy) is 3. The quantitative estimate of drug-likeness (QED) is 0.0945. The Kier molecular flexibility index (Phi) is 10.7. The second-order valence-corrected chi connectivity index (χ2v) is 13.6. The number of unbranched alkanes of at least 4 members (excludes halogenated alkanes) is 1.